The SMILES string of the molecule is C=CC(=O)N1CC2CN(C)c3c(c4cc(F)c(-c5c(N)cccc5F)nc4n(-c4c(C)ccnc4C(C)C)c3=O)N2CC1C. The summed E-state index contributed by atoms with van der Waals surface area (Å²) < 4.78 is 32.8. The van der Waals surface area contributed by atoms with E-state index in [-0.39, 0.29) is 52.1 Å². The van der Waals surface area contributed by atoms with Gasteiger partial charge in [0.15, 0.2) is 11.5 Å². The molecule has 2 N–H and O–H groups in total. The molecule has 2 aliphatic rings. The van der Waals surface area contributed by atoms with E-state index in [2.05, 4.69) is 16.5 Å². The molecular weight excluding hydrogens is 564 g/mol. The number of aromatic nitrogens is 3. The number of nitrogens with two attached hydrogens (primary N) is 1. The fourth-order valence-corrected chi connectivity index (χ4v) is 6.65. The fraction of sp³-hybridized carbons (Fsp3) is 0.333. The van der Waals surface area contributed by atoms with Crippen LogP contribution in [0, 0.1) is 18.6 Å². The van der Waals surface area contributed by atoms with Crippen LogP contribution in [0.15, 0.2) is 54.0 Å². The summed E-state index contributed by atoms with van der Waals surface area (Å²) in [7, 11) is 1.82. The van der Waals surface area contributed by atoms with Crippen molar-refractivity contribution in [2.75, 3.05) is 42.2 Å². The van der Waals surface area contributed by atoms with Crippen molar-refractivity contribution >= 4 is 34.0 Å². The number of hydrogen-bond donors (Lipinski definition) is 1. The van der Waals surface area contributed by atoms with Crippen LogP contribution >= 0.6 is 0 Å². The summed E-state index contributed by atoms with van der Waals surface area (Å²) in [6, 6.07) is 6.88. The molecule has 3 aromatic heterocycles. The first-order chi connectivity index (χ1) is 20.9. The number of pyridine rings is 3. The van der Waals surface area contributed by atoms with Gasteiger partial charge in [0.05, 0.1) is 28.7 Å². The number of piperazine rings is 1. The van der Waals surface area contributed by atoms with Crippen LogP contribution in [0.25, 0.3) is 28.0 Å². The van der Waals surface area contributed by atoms with Crippen LogP contribution in [-0.4, -0.2) is 64.1 Å². The Balaban J connectivity index is 1.73. The summed E-state index contributed by atoms with van der Waals surface area (Å²) in [5.41, 5.74) is 8.45. The summed E-state index contributed by atoms with van der Waals surface area (Å²) in [4.78, 5) is 42.5. The smallest absolute Gasteiger partial charge is 0.282 e. The van der Waals surface area contributed by atoms with Crippen molar-refractivity contribution < 1.29 is 13.6 Å². The number of anilines is 3. The second kappa shape index (κ2) is 10.7. The van der Waals surface area contributed by atoms with Gasteiger partial charge in [0, 0.05) is 50.0 Å². The summed E-state index contributed by atoms with van der Waals surface area (Å²) in [6.07, 6.45) is 3.00. The molecule has 0 radical (unpaired) electrons. The molecule has 11 heteroatoms. The Bertz CT molecular complexity index is 1880. The maximum atomic E-state index is 16.2. The Labute approximate surface area is 254 Å². The van der Waals surface area contributed by atoms with E-state index in [4.69, 9.17) is 10.7 Å². The molecule has 228 valence electrons. The number of halogens is 2. The highest BCUT2D eigenvalue weighted by atomic mass is 19.1. The zero-order valence-electron chi connectivity index (χ0n) is 25.4. The highest BCUT2D eigenvalue weighted by Gasteiger charge is 2.41. The van der Waals surface area contributed by atoms with E-state index in [1.54, 1.807) is 11.1 Å². The Morgan fingerprint density at radius 2 is 1.86 bits per heavy atom. The molecule has 0 saturated carbocycles. The maximum absolute atomic E-state index is 16.2. The molecule has 1 amide bonds. The van der Waals surface area contributed by atoms with Crippen molar-refractivity contribution in [2.45, 2.75) is 45.7 Å². The first-order valence-corrected chi connectivity index (χ1v) is 14.6. The molecule has 0 bridgehead atoms. The molecule has 1 fully saturated rings. The summed E-state index contributed by atoms with van der Waals surface area (Å²) in [5.74, 6) is -1.71. The third-order valence-electron chi connectivity index (χ3n) is 8.71. The van der Waals surface area contributed by atoms with Crippen molar-refractivity contribution in [1.82, 2.24) is 19.4 Å². The lowest BCUT2D eigenvalue weighted by atomic mass is 9.98. The number of nitrogens with zero attached hydrogens (tertiary/aromatic N) is 6. The second-order valence-corrected chi connectivity index (χ2v) is 12.0. The van der Waals surface area contributed by atoms with E-state index in [9.17, 15) is 9.59 Å². The Kier molecular flexibility index (Phi) is 7.14. The van der Waals surface area contributed by atoms with Crippen LogP contribution in [0.5, 0.6) is 0 Å². The Hall–Kier alpha value is -4.80. The van der Waals surface area contributed by atoms with E-state index >= 15 is 8.78 Å². The standard InChI is InChI=1S/C33H35F2N7O2/c1-7-25(43)40-16-20-15-39(6)31-30(41(20)14-19(40)5)21-13-23(35)28(26-22(34)9-8-10-24(26)36)38-32(21)42(33(31)44)29-18(4)11-12-37-27(29)17(2)3/h7-13,17,19-20H,1,14-16,36H2,2-6H3. The van der Waals surface area contributed by atoms with Gasteiger partial charge in [-0.25, -0.2) is 13.8 Å². The Morgan fingerprint density at radius 1 is 1.11 bits per heavy atom. The lowest BCUT2D eigenvalue weighted by Gasteiger charge is -2.51. The fourth-order valence-electron chi connectivity index (χ4n) is 6.65. The van der Waals surface area contributed by atoms with Gasteiger partial charge >= 0.3 is 0 Å². The van der Waals surface area contributed by atoms with Gasteiger partial charge in [0.1, 0.15) is 17.2 Å². The average Bonchev–Trinajstić information content (AvgIpc) is 2.97. The van der Waals surface area contributed by atoms with E-state index in [1.807, 2.05) is 45.7 Å². The molecular formula is C33H35F2N7O2. The number of hydrogen-bond acceptors (Lipinski definition) is 7. The van der Waals surface area contributed by atoms with Crippen molar-refractivity contribution in [2.24, 2.45) is 0 Å². The maximum Gasteiger partial charge on any atom is 0.282 e. The van der Waals surface area contributed by atoms with Crippen LogP contribution in [0.1, 0.15) is 37.9 Å². The van der Waals surface area contributed by atoms with Crippen molar-refractivity contribution in [1.29, 1.82) is 0 Å². The van der Waals surface area contributed by atoms with Gasteiger partial charge in [-0.05, 0) is 55.7 Å². The monoisotopic (exact) mass is 599 g/mol. The number of nitrogen functional groups attached to an aromatic ring is 1. The predicted octanol–water partition coefficient (Wildman–Crippen LogP) is 4.78. The van der Waals surface area contributed by atoms with Gasteiger partial charge < -0.3 is 20.4 Å². The molecule has 2 unspecified atom stereocenters. The third-order valence-corrected chi connectivity index (χ3v) is 8.71. The number of carbonyl (C=O) groups excluding carboxylic acids is 1. The first-order valence-electron chi connectivity index (χ1n) is 14.6. The van der Waals surface area contributed by atoms with E-state index < -0.39 is 11.6 Å². The first kappa shape index (κ1) is 29.3. The predicted molar refractivity (Wildman–Crippen MR) is 170 cm³/mol. The van der Waals surface area contributed by atoms with Crippen LogP contribution in [0.2, 0.25) is 0 Å². The number of aryl methyl sites for hydroxylation is 1. The third kappa shape index (κ3) is 4.40. The van der Waals surface area contributed by atoms with Crippen LogP contribution in [0.4, 0.5) is 25.8 Å². The molecule has 1 aromatic carbocycles. The van der Waals surface area contributed by atoms with Crippen LogP contribution < -0.4 is 21.1 Å². The second-order valence-electron chi connectivity index (χ2n) is 12.0. The molecule has 44 heavy (non-hydrogen) atoms. The van der Waals surface area contributed by atoms with Gasteiger partial charge in [0.2, 0.25) is 5.91 Å². The minimum absolute atomic E-state index is 0.0275. The topological polar surface area (TPSA) is 101 Å². The molecule has 0 aliphatic carbocycles. The van der Waals surface area contributed by atoms with Gasteiger partial charge in [-0.3, -0.25) is 19.1 Å². The highest BCUT2D eigenvalue weighted by molar-refractivity contribution is 6.00. The largest absolute Gasteiger partial charge is 0.398 e. The molecule has 2 aliphatic heterocycles. The molecule has 9 nitrogen and oxygen atoms in total. The summed E-state index contributed by atoms with van der Waals surface area (Å²) >= 11 is 0. The molecule has 0 spiro atoms. The van der Waals surface area contributed by atoms with E-state index in [0.29, 0.717) is 47.8 Å². The molecule has 4 aromatic rings. The van der Waals surface area contributed by atoms with Crippen molar-refractivity contribution in [3.63, 3.8) is 0 Å². The lowest BCUT2D eigenvalue weighted by molar-refractivity contribution is -0.128. The van der Waals surface area contributed by atoms with Gasteiger partial charge in [-0.1, -0.05) is 26.5 Å². The molecule has 6 rings (SSSR count). The van der Waals surface area contributed by atoms with Gasteiger partial charge in [-0.2, -0.15) is 0 Å². The van der Waals surface area contributed by atoms with Crippen molar-refractivity contribution in [3.8, 4) is 16.9 Å². The van der Waals surface area contributed by atoms with E-state index in [0.717, 1.165) is 5.56 Å². The summed E-state index contributed by atoms with van der Waals surface area (Å²) in [5, 5.41) is 0.390. The highest BCUT2D eigenvalue weighted by Crippen LogP contribution is 2.43. The number of carbonyl (C=O) groups is 1. The molecule has 1 saturated heterocycles. The van der Waals surface area contributed by atoms with Gasteiger partial charge in [-0.15, -0.1) is 0 Å². The zero-order valence-corrected chi connectivity index (χ0v) is 25.4. The number of benzene rings is 1. The summed E-state index contributed by atoms with van der Waals surface area (Å²) in [6.45, 7) is 12.7. The van der Waals surface area contributed by atoms with Crippen LogP contribution in [-0.2, 0) is 4.79 Å². The quantitative estimate of drug-likeness (QED) is 0.266. The van der Waals surface area contributed by atoms with E-state index in [1.165, 1.54) is 34.9 Å². The molecule has 5 heterocycles. The lowest BCUT2D eigenvalue weighted by Crippen LogP contribution is -2.64. The minimum Gasteiger partial charge on any atom is -0.398 e. The van der Waals surface area contributed by atoms with Gasteiger partial charge in [0.25, 0.3) is 5.56 Å². The number of fused-ring (bicyclic) bond motifs is 5. The number of likely N-dealkylation sites (N-methyl/N-ethyl adjacent to an activating group) is 1. The van der Waals surface area contributed by atoms with Crippen molar-refractivity contribution in [3.05, 3.63) is 82.4 Å². The number of amides is 1. The van der Waals surface area contributed by atoms with Crippen LogP contribution in [0.3, 0.4) is 0 Å². The minimum atomic E-state index is -0.771. The normalized spacial score (nSPS) is 18.0. The zero-order chi connectivity index (χ0) is 31.6. The Morgan fingerprint density at radius 3 is 2.55 bits per heavy atom. The average molecular weight is 600 g/mol. The molecule has 2 atom stereocenters. The number of rotatable bonds is 4.